The highest BCUT2D eigenvalue weighted by atomic mass is 127. The van der Waals surface area contributed by atoms with Gasteiger partial charge in [-0.15, -0.1) is 24.0 Å². The van der Waals surface area contributed by atoms with Crippen LogP contribution in [-0.4, -0.2) is 62.5 Å². The van der Waals surface area contributed by atoms with Crippen LogP contribution in [0.3, 0.4) is 0 Å². The van der Waals surface area contributed by atoms with Gasteiger partial charge in [0.2, 0.25) is 0 Å². The van der Waals surface area contributed by atoms with E-state index in [-0.39, 0.29) is 35.5 Å². The Hall–Kier alpha value is -1.43. The molecule has 0 aliphatic carbocycles. The minimum Gasteiger partial charge on any atom is -0.493 e. The molecule has 2 N–H and O–H groups in total. The highest BCUT2D eigenvalue weighted by Crippen LogP contribution is 2.30. The Morgan fingerprint density at radius 2 is 1.97 bits per heavy atom. The van der Waals surface area contributed by atoms with Crippen LogP contribution >= 0.6 is 24.0 Å². The first kappa shape index (κ1) is 27.6. The molecule has 1 aromatic rings. The zero-order chi connectivity index (χ0) is 22.3. The zero-order valence-corrected chi connectivity index (χ0v) is 21.1. The number of ether oxygens (including phenoxy) is 2. The van der Waals surface area contributed by atoms with Gasteiger partial charge in [0.1, 0.15) is 0 Å². The van der Waals surface area contributed by atoms with Crippen LogP contribution in [0.4, 0.5) is 13.2 Å². The number of nitrogens with one attached hydrogen (secondary N) is 2. The van der Waals surface area contributed by atoms with Gasteiger partial charge in [-0.25, -0.2) is 4.99 Å². The Morgan fingerprint density at radius 1 is 1.26 bits per heavy atom. The SMILES string of the molecule is CCNC(=NCc1ccc(OCC(F)(F)F)c(OC)c1)NC1CN(C(C)C)CC1C.I. The van der Waals surface area contributed by atoms with Gasteiger partial charge in [-0.3, -0.25) is 4.90 Å². The molecule has 0 bridgehead atoms. The van der Waals surface area contributed by atoms with Gasteiger partial charge in [0.05, 0.1) is 13.7 Å². The van der Waals surface area contributed by atoms with Crippen molar-refractivity contribution in [3.63, 3.8) is 0 Å². The Balaban J connectivity index is 0.00000480. The molecule has 0 saturated carbocycles. The second kappa shape index (κ2) is 12.6. The quantitative estimate of drug-likeness (QED) is 0.287. The van der Waals surface area contributed by atoms with Crippen LogP contribution < -0.4 is 20.1 Å². The summed E-state index contributed by atoms with van der Waals surface area (Å²) in [5, 5.41) is 6.78. The fourth-order valence-corrected chi connectivity index (χ4v) is 3.37. The molecule has 2 atom stereocenters. The normalized spacial score (nSPS) is 19.8. The maximum atomic E-state index is 12.4. The first-order valence-corrected chi connectivity index (χ1v) is 10.3. The predicted octanol–water partition coefficient (Wildman–Crippen LogP) is 4.04. The number of halogens is 4. The van der Waals surface area contributed by atoms with E-state index in [4.69, 9.17) is 9.47 Å². The third-order valence-corrected chi connectivity index (χ3v) is 5.08. The number of aliphatic imine (C=N–C) groups is 1. The molecular formula is C21H34F3IN4O2. The number of benzene rings is 1. The molecular weight excluding hydrogens is 524 g/mol. The number of hydrogen-bond donors (Lipinski definition) is 2. The van der Waals surface area contributed by atoms with Crippen molar-refractivity contribution < 1.29 is 22.6 Å². The van der Waals surface area contributed by atoms with E-state index in [2.05, 4.69) is 41.3 Å². The second-order valence-electron chi connectivity index (χ2n) is 7.86. The lowest BCUT2D eigenvalue weighted by Gasteiger charge is -2.22. The number of rotatable bonds is 8. The van der Waals surface area contributed by atoms with Gasteiger partial charge in [0, 0.05) is 31.7 Å². The molecule has 0 amide bonds. The first-order chi connectivity index (χ1) is 14.1. The van der Waals surface area contributed by atoms with Gasteiger partial charge in [-0.2, -0.15) is 13.2 Å². The monoisotopic (exact) mass is 558 g/mol. The summed E-state index contributed by atoms with van der Waals surface area (Å²) in [6.45, 7) is 10.4. The third kappa shape index (κ3) is 8.91. The largest absolute Gasteiger partial charge is 0.493 e. The molecule has 1 fully saturated rings. The summed E-state index contributed by atoms with van der Waals surface area (Å²) in [4.78, 5) is 7.08. The van der Waals surface area contributed by atoms with Crippen molar-refractivity contribution in [2.45, 2.75) is 52.5 Å². The predicted molar refractivity (Wildman–Crippen MR) is 128 cm³/mol. The molecule has 31 heavy (non-hydrogen) atoms. The molecule has 2 unspecified atom stereocenters. The van der Waals surface area contributed by atoms with Gasteiger partial charge in [0.25, 0.3) is 0 Å². The molecule has 6 nitrogen and oxygen atoms in total. The average molecular weight is 558 g/mol. The van der Waals surface area contributed by atoms with Gasteiger partial charge < -0.3 is 20.1 Å². The van der Waals surface area contributed by atoms with E-state index < -0.39 is 12.8 Å². The minimum atomic E-state index is -4.40. The van der Waals surface area contributed by atoms with Crippen LogP contribution in [0.2, 0.25) is 0 Å². The lowest BCUT2D eigenvalue weighted by atomic mass is 10.1. The van der Waals surface area contributed by atoms with E-state index in [0.29, 0.717) is 24.5 Å². The van der Waals surface area contributed by atoms with Crippen molar-refractivity contribution >= 4 is 29.9 Å². The van der Waals surface area contributed by atoms with E-state index in [1.54, 1.807) is 12.1 Å². The fourth-order valence-electron chi connectivity index (χ4n) is 3.37. The fraction of sp³-hybridized carbons (Fsp3) is 0.667. The van der Waals surface area contributed by atoms with Crippen LogP contribution in [0.1, 0.15) is 33.3 Å². The van der Waals surface area contributed by atoms with Gasteiger partial charge >= 0.3 is 6.18 Å². The zero-order valence-electron chi connectivity index (χ0n) is 18.8. The lowest BCUT2D eigenvalue weighted by molar-refractivity contribution is -0.153. The van der Waals surface area contributed by atoms with Crippen molar-refractivity contribution in [2.75, 3.05) is 33.4 Å². The van der Waals surface area contributed by atoms with Crippen LogP contribution in [-0.2, 0) is 6.54 Å². The highest BCUT2D eigenvalue weighted by Gasteiger charge is 2.31. The molecule has 10 heteroatoms. The maximum absolute atomic E-state index is 12.4. The first-order valence-electron chi connectivity index (χ1n) is 10.3. The van der Waals surface area contributed by atoms with Gasteiger partial charge in [-0.1, -0.05) is 13.0 Å². The molecule has 1 aliphatic heterocycles. The van der Waals surface area contributed by atoms with Crippen molar-refractivity contribution in [1.82, 2.24) is 15.5 Å². The molecule has 178 valence electrons. The highest BCUT2D eigenvalue weighted by molar-refractivity contribution is 14.0. The molecule has 1 saturated heterocycles. The molecule has 1 heterocycles. The topological polar surface area (TPSA) is 58.1 Å². The summed E-state index contributed by atoms with van der Waals surface area (Å²) in [6, 6.07) is 5.63. The molecule has 1 aliphatic rings. The van der Waals surface area contributed by atoms with E-state index in [9.17, 15) is 13.2 Å². The smallest absolute Gasteiger partial charge is 0.422 e. The number of hydrogen-bond acceptors (Lipinski definition) is 4. The number of methoxy groups -OCH3 is 1. The standard InChI is InChI=1S/C21H33F3N4O2.HI/c1-6-25-20(27-17-12-28(14(2)3)11-15(17)4)26-10-16-7-8-18(19(9-16)29-5)30-13-21(22,23)24;/h7-9,14-15,17H,6,10-13H2,1-5H3,(H2,25,26,27);1H. The summed E-state index contributed by atoms with van der Waals surface area (Å²) >= 11 is 0. The van der Waals surface area contributed by atoms with Crippen molar-refractivity contribution in [2.24, 2.45) is 10.9 Å². The summed E-state index contributed by atoms with van der Waals surface area (Å²) in [5.41, 5.74) is 0.812. The summed E-state index contributed by atoms with van der Waals surface area (Å²) < 4.78 is 47.2. The molecule has 2 rings (SSSR count). The molecule has 0 aromatic heterocycles. The molecule has 0 spiro atoms. The van der Waals surface area contributed by atoms with Crippen LogP contribution in [0.5, 0.6) is 11.5 Å². The Kier molecular flexibility index (Phi) is 11.2. The molecule has 0 radical (unpaired) electrons. The van der Waals surface area contributed by atoms with Gasteiger partial charge in [0.15, 0.2) is 24.1 Å². The van der Waals surface area contributed by atoms with Crippen molar-refractivity contribution in [3.8, 4) is 11.5 Å². The maximum Gasteiger partial charge on any atom is 0.422 e. The van der Waals surface area contributed by atoms with Crippen LogP contribution in [0, 0.1) is 5.92 Å². The Labute approximate surface area is 200 Å². The van der Waals surface area contributed by atoms with Crippen molar-refractivity contribution in [3.05, 3.63) is 23.8 Å². The summed E-state index contributed by atoms with van der Waals surface area (Å²) in [5.74, 6) is 1.53. The minimum absolute atomic E-state index is 0. The Bertz CT molecular complexity index is 716. The van der Waals surface area contributed by atoms with E-state index >= 15 is 0 Å². The van der Waals surface area contributed by atoms with E-state index in [1.807, 2.05) is 6.92 Å². The average Bonchev–Trinajstić information content (AvgIpc) is 3.05. The van der Waals surface area contributed by atoms with E-state index in [0.717, 1.165) is 31.2 Å². The number of likely N-dealkylation sites (tertiary alicyclic amines) is 1. The van der Waals surface area contributed by atoms with Crippen LogP contribution in [0.15, 0.2) is 23.2 Å². The second-order valence-corrected chi connectivity index (χ2v) is 7.86. The number of guanidine groups is 1. The van der Waals surface area contributed by atoms with Crippen molar-refractivity contribution in [1.29, 1.82) is 0 Å². The van der Waals surface area contributed by atoms with Crippen LogP contribution in [0.25, 0.3) is 0 Å². The third-order valence-electron chi connectivity index (χ3n) is 5.08. The summed E-state index contributed by atoms with van der Waals surface area (Å²) in [7, 11) is 1.40. The molecule has 1 aromatic carbocycles. The lowest BCUT2D eigenvalue weighted by Crippen LogP contribution is -2.46. The van der Waals surface area contributed by atoms with Gasteiger partial charge in [-0.05, 0) is 44.4 Å². The Morgan fingerprint density at radius 3 is 2.52 bits per heavy atom. The number of alkyl halides is 3. The van der Waals surface area contributed by atoms with E-state index in [1.165, 1.54) is 13.2 Å². The summed E-state index contributed by atoms with van der Waals surface area (Å²) in [6.07, 6.45) is -4.40. The number of nitrogens with zero attached hydrogens (tertiary/aromatic N) is 2.